The molecule has 0 saturated carbocycles. The average Bonchev–Trinajstić information content (AvgIpc) is 3.13. The molecular formula is C21H28FN3O4S2. The van der Waals surface area contributed by atoms with E-state index in [1.165, 1.54) is 16.8 Å². The van der Waals surface area contributed by atoms with E-state index >= 15 is 4.39 Å². The fourth-order valence-electron chi connectivity index (χ4n) is 2.99. The van der Waals surface area contributed by atoms with Gasteiger partial charge in [-0.15, -0.1) is 11.3 Å². The van der Waals surface area contributed by atoms with Crippen LogP contribution in [0, 0.1) is 0 Å². The first kappa shape index (κ1) is 24.9. The van der Waals surface area contributed by atoms with E-state index in [0.717, 1.165) is 5.56 Å². The van der Waals surface area contributed by atoms with E-state index in [4.69, 9.17) is 5.73 Å². The van der Waals surface area contributed by atoms with E-state index in [9.17, 15) is 18.0 Å². The van der Waals surface area contributed by atoms with Crippen LogP contribution >= 0.6 is 11.3 Å². The van der Waals surface area contributed by atoms with Crippen LogP contribution in [0.4, 0.5) is 4.39 Å². The van der Waals surface area contributed by atoms with Gasteiger partial charge >= 0.3 is 0 Å². The molecule has 3 N–H and O–H groups in total. The summed E-state index contributed by atoms with van der Waals surface area (Å²) in [6, 6.07) is 8.10. The fourth-order valence-corrected chi connectivity index (χ4v) is 4.78. The summed E-state index contributed by atoms with van der Waals surface area (Å²) < 4.78 is 40.2. The number of hydrogen-bond acceptors (Lipinski definition) is 6. The molecule has 0 aliphatic rings. The van der Waals surface area contributed by atoms with Gasteiger partial charge in [0, 0.05) is 17.8 Å². The van der Waals surface area contributed by atoms with Crippen molar-refractivity contribution in [2.24, 2.45) is 5.73 Å². The molecule has 1 aromatic heterocycles. The minimum absolute atomic E-state index is 0.186. The van der Waals surface area contributed by atoms with Gasteiger partial charge in [-0.3, -0.25) is 9.59 Å². The molecule has 0 fully saturated rings. The monoisotopic (exact) mass is 469 g/mol. The Morgan fingerprint density at radius 1 is 1.23 bits per heavy atom. The number of amides is 2. The molecule has 2 amide bonds. The number of benzene rings is 1. The molecule has 2 atom stereocenters. The summed E-state index contributed by atoms with van der Waals surface area (Å²) in [5.74, 6) is -2.43. The third-order valence-electron chi connectivity index (χ3n) is 4.82. The van der Waals surface area contributed by atoms with Crippen molar-refractivity contribution in [1.82, 2.24) is 10.3 Å². The second-order valence-corrected chi connectivity index (χ2v) is 12.0. The molecule has 2 aromatic rings. The number of nitrogens with two attached hydrogens (primary N) is 1. The zero-order chi connectivity index (χ0) is 23.3. The molecule has 7 nitrogen and oxygen atoms in total. The Labute approximate surface area is 186 Å². The maximum atomic E-state index is 15.7. The number of rotatable bonds is 10. The molecule has 10 heteroatoms. The third-order valence-corrected chi connectivity index (χ3v) is 8.16. The van der Waals surface area contributed by atoms with Crippen molar-refractivity contribution >= 4 is 33.0 Å². The van der Waals surface area contributed by atoms with E-state index in [1.54, 1.807) is 50.4 Å². The maximum Gasteiger partial charge on any atom is 0.258 e. The number of nitrogens with one attached hydrogen (secondary N) is 1. The zero-order valence-corrected chi connectivity index (χ0v) is 19.4. The summed E-state index contributed by atoms with van der Waals surface area (Å²) >= 11 is 1.23. The van der Waals surface area contributed by atoms with Crippen molar-refractivity contribution in [3.63, 3.8) is 0 Å². The maximum absolute atomic E-state index is 15.7. The van der Waals surface area contributed by atoms with Crippen molar-refractivity contribution in [2.75, 3.05) is 5.75 Å². The summed E-state index contributed by atoms with van der Waals surface area (Å²) in [5.41, 5.74) is 5.14. The average molecular weight is 470 g/mol. The highest BCUT2D eigenvalue weighted by atomic mass is 32.2. The van der Waals surface area contributed by atoms with Gasteiger partial charge in [-0.05, 0) is 32.8 Å². The Morgan fingerprint density at radius 3 is 2.39 bits per heavy atom. The van der Waals surface area contributed by atoms with Gasteiger partial charge in [-0.2, -0.15) is 0 Å². The van der Waals surface area contributed by atoms with Crippen LogP contribution in [0.25, 0.3) is 0 Å². The Balaban J connectivity index is 2.31. The smallest absolute Gasteiger partial charge is 0.258 e. The lowest BCUT2D eigenvalue weighted by atomic mass is 9.94. The Kier molecular flexibility index (Phi) is 7.93. The van der Waals surface area contributed by atoms with Gasteiger partial charge in [-0.25, -0.2) is 17.8 Å². The predicted molar refractivity (Wildman–Crippen MR) is 119 cm³/mol. The molecule has 0 bridgehead atoms. The Morgan fingerprint density at radius 2 is 1.87 bits per heavy atom. The second-order valence-electron chi connectivity index (χ2n) is 8.52. The van der Waals surface area contributed by atoms with Crippen LogP contribution in [0.2, 0.25) is 0 Å². The summed E-state index contributed by atoms with van der Waals surface area (Å²) in [5, 5.41) is 4.10. The van der Waals surface area contributed by atoms with Crippen LogP contribution in [-0.2, 0) is 32.3 Å². The van der Waals surface area contributed by atoms with Crippen LogP contribution in [0.5, 0.6) is 0 Å². The van der Waals surface area contributed by atoms with E-state index in [1.807, 2.05) is 6.07 Å². The minimum Gasteiger partial charge on any atom is -0.370 e. The van der Waals surface area contributed by atoms with E-state index in [-0.39, 0.29) is 12.2 Å². The zero-order valence-electron chi connectivity index (χ0n) is 17.8. The number of alkyl halides is 1. The van der Waals surface area contributed by atoms with Crippen molar-refractivity contribution in [1.29, 1.82) is 0 Å². The van der Waals surface area contributed by atoms with Gasteiger partial charge in [0.1, 0.15) is 0 Å². The van der Waals surface area contributed by atoms with Crippen molar-refractivity contribution < 1.29 is 22.4 Å². The SMILES string of the molecule is CC(C)(C)S(=O)(=O)CC(Cc1ccccc1)NC(=O)C(F)(CC(N)=O)Cc1cscn1. The van der Waals surface area contributed by atoms with Gasteiger partial charge in [0.15, 0.2) is 9.84 Å². The summed E-state index contributed by atoms with van der Waals surface area (Å²) in [6.45, 7) is 4.70. The first-order valence-corrected chi connectivity index (χ1v) is 12.3. The second kappa shape index (κ2) is 9.86. The molecule has 0 aliphatic carbocycles. The summed E-state index contributed by atoms with van der Waals surface area (Å²) in [4.78, 5) is 28.4. The third kappa shape index (κ3) is 7.10. The van der Waals surface area contributed by atoms with Crippen molar-refractivity contribution in [3.05, 3.63) is 52.5 Å². The number of aromatic nitrogens is 1. The van der Waals surface area contributed by atoms with Crippen LogP contribution in [0.1, 0.15) is 38.4 Å². The molecule has 170 valence electrons. The van der Waals surface area contributed by atoms with E-state index < -0.39 is 51.0 Å². The van der Waals surface area contributed by atoms with Crippen LogP contribution in [-0.4, -0.2) is 47.4 Å². The lowest BCUT2D eigenvalue weighted by Crippen LogP contribution is -2.53. The number of nitrogens with zero attached hydrogens (tertiary/aromatic N) is 1. The fraction of sp³-hybridized carbons (Fsp3) is 0.476. The first-order chi connectivity index (χ1) is 14.3. The minimum atomic E-state index is -3.62. The van der Waals surface area contributed by atoms with Gasteiger partial charge < -0.3 is 11.1 Å². The molecule has 0 saturated heterocycles. The largest absolute Gasteiger partial charge is 0.370 e. The van der Waals surface area contributed by atoms with Crippen LogP contribution in [0.15, 0.2) is 41.2 Å². The molecule has 0 aliphatic heterocycles. The molecule has 2 rings (SSSR count). The first-order valence-electron chi connectivity index (χ1n) is 9.74. The van der Waals surface area contributed by atoms with Crippen molar-refractivity contribution in [3.8, 4) is 0 Å². The standard InChI is InChI=1S/C21H28FN3O4S2/c1-20(2,3)31(28,29)13-16(9-15-7-5-4-6-8-15)25-19(27)21(22,11-18(23)26)10-17-12-30-14-24-17/h4-8,12,14,16H,9-11,13H2,1-3H3,(H2,23,26)(H,25,27). The molecule has 1 heterocycles. The van der Waals surface area contributed by atoms with Gasteiger partial charge in [0.25, 0.3) is 5.91 Å². The lowest BCUT2D eigenvalue weighted by Gasteiger charge is -2.28. The highest BCUT2D eigenvalue weighted by Gasteiger charge is 2.43. The molecule has 2 unspecified atom stereocenters. The number of carbonyl (C=O) groups excluding carboxylic acids is 2. The Hall–Kier alpha value is -2.33. The molecule has 0 radical (unpaired) electrons. The molecule has 1 aromatic carbocycles. The normalized spacial score (nSPS) is 15.1. The number of hydrogen-bond donors (Lipinski definition) is 2. The molecule has 0 spiro atoms. The molecular weight excluding hydrogens is 441 g/mol. The van der Waals surface area contributed by atoms with Gasteiger partial charge in [0.05, 0.1) is 28.1 Å². The number of sulfone groups is 1. The van der Waals surface area contributed by atoms with Gasteiger partial charge in [0.2, 0.25) is 11.6 Å². The predicted octanol–water partition coefficient (Wildman–Crippen LogP) is 2.21. The molecule has 31 heavy (non-hydrogen) atoms. The lowest BCUT2D eigenvalue weighted by molar-refractivity contribution is -0.138. The summed E-state index contributed by atoms with van der Waals surface area (Å²) in [6.07, 6.45) is -1.08. The number of halogens is 1. The highest BCUT2D eigenvalue weighted by molar-refractivity contribution is 7.92. The number of thiazole rings is 1. The number of primary amides is 1. The van der Waals surface area contributed by atoms with E-state index in [0.29, 0.717) is 5.69 Å². The van der Waals surface area contributed by atoms with Gasteiger partial charge in [-0.1, -0.05) is 30.3 Å². The Bertz CT molecular complexity index is 989. The van der Waals surface area contributed by atoms with Crippen LogP contribution < -0.4 is 11.1 Å². The van der Waals surface area contributed by atoms with Crippen molar-refractivity contribution in [2.45, 2.75) is 56.5 Å². The number of carbonyl (C=O) groups is 2. The quantitative estimate of drug-likeness (QED) is 0.553. The van der Waals surface area contributed by atoms with E-state index in [2.05, 4.69) is 10.3 Å². The highest BCUT2D eigenvalue weighted by Crippen LogP contribution is 2.24. The van der Waals surface area contributed by atoms with Crippen LogP contribution in [0.3, 0.4) is 0 Å². The summed E-state index contributed by atoms with van der Waals surface area (Å²) in [7, 11) is -3.62. The topological polar surface area (TPSA) is 119 Å².